The quantitative estimate of drug-likeness (QED) is 0.799. The van der Waals surface area contributed by atoms with Gasteiger partial charge in [-0.25, -0.2) is 4.79 Å². The molecule has 1 amide bonds. The van der Waals surface area contributed by atoms with Crippen molar-refractivity contribution in [2.75, 3.05) is 20.2 Å². The molecule has 27 heavy (non-hydrogen) atoms. The number of amides is 1. The number of carbonyl (C=O) groups excluding carboxylic acids is 2. The van der Waals surface area contributed by atoms with Crippen molar-refractivity contribution >= 4 is 23.5 Å². The Hall–Kier alpha value is -2.44. The van der Waals surface area contributed by atoms with Crippen LogP contribution in [0.15, 0.2) is 42.6 Å². The predicted octanol–water partition coefficient (Wildman–Crippen LogP) is 2.92. The van der Waals surface area contributed by atoms with E-state index in [1.807, 2.05) is 24.3 Å². The Balaban J connectivity index is 1.55. The van der Waals surface area contributed by atoms with Gasteiger partial charge in [-0.15, -0.1) is 0 Å². The number of ether oxygens (including phenoxy) is 1. The largest absolute Gasteiger partial charge is 0.465 e. The number of nitrogens with zero attached hydrogens (tertiary/aromatic N) is 2. The molecule has 0 radical (unpaired) electrons. The van der Waals surface area contributed by atoms with Crippen molar-refractivity contribution in [3.8, 4) is 0 Å². The molecule has 2 heterocycles. The molecule has 0 saturated carbocycles. The van der Waals surface area contributed by atoms with Gasteiger partial charge >= 0.3 is 5.97 Å². The van der Waals surface area contributed by atoms with E-state index in [0.717, 1.165) is 37.5 Å². The van der Waals surface area contributed by atoms with Gasteiger partial charge in [0.1, 0.15) is 5.69 Å². The standard InChI is InChI=1S/C20H22ClN3O3/c1-27-20(26)15-6-9-18(22-11-15)19(25)23-17-3-2-10-24(13-17)12-14-4-7-16(21)8-5-14/h4-9,11,17H,2-3,10,12-13H2,1H3,(H,23,25)/t17-/m1/s1. The summed E-state index contributed by atoms with van der Waals surface area (Å²) < 4.78 is 4.63. The zero-order valence-electron chi connectivity index (χ0n) is 15.2. The highest BCUT2D eigenvalue weighted by atomic mass is 35.5. The van der Waals surface area contributed by atoms with E-state index in [1.54, 1.807) is 6.07 Å². The number of benzene rings is 1. The van der Waals surface area contributed by atoms with Crippen LogP contribution in [0, 0.1) is 0 Å². The van der Waals surface area contributed by atoms with E-state index in [9.17, 15) is 9.59 Å². The second-order valence-electron chi connectivity index (χ2n) is 6.60. The second-order valence-corrected chi connectivity index (χ2v) is 7.03. The fourth-order valence-corrected chi connectivity index (χ4v) is 3.32. The van der Waals surface area contributed by atoms with Gasteiger partial charge in [-0.3, -0.25) is 14.7 Å². The molecular weight excluding hydrogens is 366 g/mol. The van der Waals surface area contributed by atoms with Crippen LogP contribution < -0.4 is 5.32 Å². The van der Waals surface area contributed by atoms with E-state index in [4.69, 9.17) is 11.6 Å². The number of aromatic nitrogens is 1. The zero-order chi connectivity index (χ0) is 19.2. The van der Waals surface area contributed by atoms with Gasteiger partial charge in [0, 0.05) is 30.4 Å². The van der Waals surface area contributed by atoms with Gasteiger partial charge in [-0.2, -0.15) is 0 Å². The fraction of sp³-hybridized carbons (Fsp3) is 0.350. The maximum atomic E-state index is 12.4. The van der Waals surface area contributed by atoms with Crippen molar-refractivity contribution in [2.45, 2.75) is 25.4 Å². The molecule has 1 aromatic carbocycles. The number of carbonyl (C=O) groups is 2. The Bertz CT molecular complexity index is 793. The molecular formula is C20H22ClN3O3. The summed E-state index contributed by atoms with van der Waals surface area (Å²) in [6, 6.07) is 11.0. The summed E-state index contributed by atoms with van der Waals surface area (Å²) in [5, 5.41) is 3.77. The molecule has 1 aromatic heterocycles. The fourth-order valence-electron chi connectivity index (χ4n) is 3.19. The molecule has 1 saturated heterocycles. The van der Waals surface area contributed by atoms with E-state index in [1.165, 1.54) is 24.9 Å². The summed E-state index contributed by atoms with van der Waals surface area (Å²) in [6.07, 6.45) is 3.31. The Morgan fingerprint density at radius 1 is 1.26 bits per heavy atom. The van der Waals surface area contributed by atoms with E-state index in [0.29, 0.717) is 5.56 Å². The van der Waals surface area contributed by atoms with Gasteiger partial charge in [0.15, 0.2) is 0 Å². The van der Waals surface area contributed by atoms with Crippen LogP contribution >= 0.6 is 11.6 Å². The number of rotatable bonds is 5. The van der Waals surface area contributed by atoms with E-state index in [-0.39, 0.29) is 17.6 Å². The summed E-state index contributed by atoms with van der Waals surface area (Å²) in [4.78, 5) is 30.3. The topological polar surface area (TPSA) is 71.5 Å². The van der Waals surface area contributed by atoms with Crippen LogP contribution in [0.3, 0.4) is 0 Å². The number of nitrogens with one attached hydrogen (secondary N) is 1. The first-order chi connectivity index (χ1) is 13.0. The minimum Gasteiger partial charge on any atom is -0.465 e. The molecule has 0 aliphatic carbocycles. The first-order valence-electron chi connectivity index (χ1n) is 8.87. The Morgan fingerprint density at radius 3 is 2.70 bits per heavy atom. The normalized spacial score (nSPS) is 17.3. The lowest BCUT2D eigenvalue weighted by atomic mass is 10.0. The predicted molar refractivity (Wildman–Crippen MR) is 103 cm³/mol. The summed E-state index contributed by atoms with van der Waals surface area (Å²) >= 11 is 5.94. The van der Waals surface area contributed by atoms with Gasteiger partial charge in [0.05, 0.1) is 12.7 Å². The number of methoxy groups -OCH3 is 1. The molecule has 7 heteroatoms. The number of pyridine rings is 1. The van der Waals surface area contributed by atoms with Crippen LogP contribution in [-0.2, 0) is 11.3 Å². The molecule has 0 unspecified atom stereocenters. The Morgan fingerprint density at radius 2 is 2.04 bits per heavy atom. The Kier molecular flexibility index (Phi) is 6.42. The van der Waals surface area contributed by atoms with Crippen LogP contribution in [0.1, 0.15) is 39.3 Å². The number of esters is 1. The van der Waals surface area contributed by atoms with Crippen LogP contribution in [0.2, 0.25) is 5.02 Å². The van der Waals surface area contributed by atoms with Crippen molar-refractivity contribution < 1.29 is 14.3 Å². The third-order valence-electron chi connectivity index (χ3n) is 4.58. The number of hydrogen-bond donors (Lipinski definition) is 1. The highest BCUT2D eigenvalue weighted by Gasteiger charge is 2.22. The second kappa shape index (κ2) is 8.97. The molecule has 6 nitrogen and oxygen atoms in total. The minimum absolute atomic E-state index is 0.0700. The Labute approximate surface area is 163 Å². The van der Waals surface area contributed by atoms with Crippen molar-refractivity contribution in [3.05, 3.63) is 64.4 Å². The van der Waals surface area contributed by atoms with Crippen molar-refractivity contribution in [3.63, 3.8) is 0 Å². The molecule has 1 N–H and O–H groups in total. The molecule has 142 valence electrons. The van der Waals surface area contributed by atoms with E-state index < -0.39 is 5.97 Å². The average molecular weight is 388 g/mol. The molecule has 1 aliphatic rings. The summed E-state index contributed by atoms with van der Waals surface area (Å²) in [7, 11) is 1.31. The highest BCUT2D eigenvalue weighted by molar-refractivity contribution is 6.30. The molecule has 1 atom stereocenters. The number of likely N-dealkylation sites (tertiary alicyclic amines) is 1. The number of halogens is 1. The minimum atomic E-state index is -0.473. The monoisotopic (exact) mass is 387 g/mol. The van der Waals surface area contributed by atoms with Gasteiger partial charge in [-0.05, 0) is 49.2 Å². The van der Waals surface area contributed by atoms with Crippen LogP contribution in [0.5, 0.6) is 0 Å². The highest BCUT2D eigenvalue weighted by Crippen LogP contribution is 2.16. The van der Waals surface area contributed by atoms with E-state index >= 15 is 0 Å². The number of hydrogen-bond acceptors (Lipinski definition) is 5. The molecule has 0 spiro atoms. The van der Waals surface area contributed by atoms with Crippen molar-refractivity contribution in [2.24, 2.45) is 0 Å². The van der Waals surface area contributed by atoms with Gasteiger partial charge in [0.2, 0.25) is 0 Å². The van der Waals surface area contributed by atoms with Gasteiger partial charge in [0.25, 0.3) is 5.91 Å². The first kappa shape index (κ1) is 19.3. The summed E-state index contributed by atoms with van der Waals surface area (Å²) in [5.74, 6) is -0.704. The average Bonchev–Trinajstić information content (AvgIpc) is 2.69. The third-order valence-corrected chi connectivity index (χ3v) is 4.83. The van der Waals surface area contributed by atoms with Crippen LogP contribution in [0.25, 0.3) is 0 Å². The molecule has 2 aromatic rings. The third kappa shape index (κ3) is 5.28. The van der Waals surface area contributed by atoms with Crippen molar-refractivity contribution in [1.29, 1.82) is 0 Å². The lowest BCUT2D eigenvalue weighted by Crippen LogP contribution is -2.47. The molecule has 1 aliphatic heterocycles. The summed E-state index contributed by atoms with van der Waals surface area (Å²) in [5.41, 5.74) is 1.81. The maximum absolute atomic E-state index is 12.4. The maximum Gasteiger partial charge on any atom is 0.339 e. The number of piperidine rings is 1. The van der Waals surface area contributed by atoms with Crippen molar-refractivity contribution in [1.82, 2.24) is 15.2 Å². The molecule has 0 bridgehead atoms. The van der Waals surface area contributed by atoms with Crippen LogP contribution in [0.4, 0.5) is 0 Å². The van der Waals surface area contributed by atoms with Gasteiger partial charge in [-0.1, -0.05) is 23.7 Å². The van der Waals surface area contributed by atoms with Gasteiger partial charge < -0.3 is 10.1 Å². The molecule has 1 fully saturated rings. The zero-order valence-corrected chi connectivity index (χ0v) is 15.9. The first-order valence-corrected chi connectivity index (χ1v) is 9.25. The molecule has 3 rings (SSSR count). The summed E-state index contributed by atoms with van der Waals surface area (Å²) in [6.45, 7) is 2.62. The lowest BCUT2D eigenvalue weighted by Gasteiger charge is -2.33. The SMILES string of the molecule is COC(=O)c1ccc(C(=O)N[C@@H]2CCCN(Cc3ccc(Cl)cc3)C2)nc1. The van der Waals surface area contributed by atoms with Crippen LogP contribution in [-0.4, -0.2) is 48.0 Å². The lowest BCUT2D eigenvalue weighted by molar-refractivity contribution is 0.0599. The smallest absolute Gasteiger partial charge is 0.339 e. The van der Waals surface area contributed by atoms with E-state index in [2.05, 4.69) is 19.9 Å².